The van der Waals surface area contributed by atoms with Crippen molar-refractivity contribution in [3.63, 3.8) is 0 Å². The van der Waals surface area contributed by atoms with Gasteiger partial charge in [-0.05, 0) is 24.5 Å². The monoisotopic (exact) mass is 309 g/mol. The number of aryl methyl sites for hydroxylation is 1. The predicted octanol–water partition coefficient (Wildman–Crippen LogP) is 2.13. The standard InChI is InChI=1S/C17H19N5O/c1-21-11-14(10-20-21)12-6-15-13(9-19-17(15)18-8-12)7-16(23)22-4-2-3-5-22/h6,8-11H,2-5,7H2,1H3,(H,18,19). The average molecular weight is 309 g/mol. The van der Waals surface area contributed by atoms with Crippen molar-refractivity contribution >= 4 is 16.9 Å². The van der Waals surface area contributed by atoms with Crippen LogP contribution in [0.4, 0.5) is 0 Å². The lowest BCUT2D eigenvalue weighted by Crippen LogP contribution is -2.28. The third kappa shape index (κ3) is 2.60. The molecule has 118 valence electrons. The molecule has 0 aromatic carbocycles. The van der Waals surface area contributed by atoms with Crippen molar-refractivity contribution < 1.29 is 4.79 Å². The maximum Gasteiger partial charge on any atom is 0.227 e. The molecule has 6 nitrogen and oxygen atoms in total. The molecule has 3 aromatic rings. The Kier molecular flexibility index (Phi) is 3.37. The van der Waals surface area contributed by atoms with Crippen LogP contribution in [0.25, 0.3) is 22.2 Å². The Morgan fingerprint density at radius 1 is 1.26 bits per heavy atom. The van der Waals surface area contributed by atoms with Gasteiger partial charge in [0.05, 0.1) is 12.6 Å². The maximum atomic E-state index is 12.4. The van der Waals surface area contributed by atoms with Gasteiger partial charge >= 0.3 is 0 Å². The smallest absolute Gasteiger partial charge is 0.227 e. The second-order valence-electron chi connectivity index (χ2n) is 6.10. The summed E-state index contributed by atoms with van der Waals surface area (Å²) in [5.74, 6) is 0.204. The van der Waals surface area contributed by atoms with Crippen molar-refractivity contribution in [2.24, 2.45) is 7.05 Å². The minimum atomic E-state index is 0.204. The van der Waals surface area contributed by atoms with E-state index in [1.54, 1.807) is 4.68 Å². The molecule has 0 aliphatic carbocycles. The molecule has 0 atom stereocenters. The van der Waals surface area contributed by atoms with Gasteiger partial charge in [-0.15, -0.1) is 0 Å². The fraction of sp³-hybridized carbons (Fsp3) is 0.353. The van der Waals surface area contributed by atoms with Gasteiger partial charge in [-0.2, -0.15) is 5.10 Å². The Hall–Kier alpha value is -2.63. The molecule has 4 heterocycles. The van der Waals surface area contributed by atoms with Gasteiger partial charge in [0.15, 0.2) is 0 Å². The van der Waals surface area contributed by atoms with Crippen LogP contribution in [-0.4, -0.2) is 43.6 Å². The van der Waals surface area contributed by atoms with Crippen LogP contribution in [0.5, 0.6) is 0 Å². The highest BCUT2D eigenvalue weighted by molar-refractivity contribution is 5.89. The van der Waals surface area contributed by atoms with E-state index in [-0.39, 0.29) is 5.91 Å². The van der Waals surface area contributed by atoms with Gasteiger partial charge in [-0.25, -0.2) is 4.98 Å². The third-order valence-corrected chi connectivity index (χ3v) is 4.46. The second kappa shape index (κ2) is 5.53. The van der Waals surface area contributed by atoms with E-state index in [1.807, 2.05) is 36.7 Å². The number of aromatic nitrogens is 4. The number of likely N-dealkylation sites (tertiary alicyclic amines) is 1. The van der Waals surface area contributed by atoms with Crippen molar-refractivity contribution in [1.29, 1.82) is 0 Å². The Morgan fingerprint density at radius 2 is 2.09 bits per heavy atom. The summed E-state index contributed by atoms with van der Waals surface area (Å²) in [6.45, 7) is 1.78. The van der Waals surface area contributed by atoms with E-state index in [0.717, 1.165) is 53.7 Å². The van der Waals surface area contributed by atoms with Gasteiger partial charge in [0.2, 0.25) is 5.91 Å². The number of pyridine rings is 1. The van der Waals surface area contributed by atoms with Crippen LogP contribution in [-0.2, 0) is 18.3 Å². The third-order valence-electron chi connectivity index (χ3n) is 4.46. The molecule has 1 saturated heterocycles. The van der Waals surface area contributed by atoms with Crippen LogP contribution >= 0.6 is 0 Å². The number of hydrogen-bond acceptors (Lipinski definition) is 3. The van der Waals surface area contributed by atoms with Gasteiger partial charge < -0.3 is 9.88 Å². The number of rotatable bonds is 3. The van der Waals surface area contributed by atoms with Gasteiger partial charge in [0.1, 0.15) is 5.65 Å². The van der Waals surface area contributed by atoms with Gasteiger partial charge in [-0.3, -0.25) is 9.48 Å². The SMILES string of the molecule is Cn1cc(-c2cnc3[nH]cc(CC(=O)N4CCCC4)c3c2)cn1. The van der Waals surface area contributed by atoms with Crippen molar-refractivity contribution in [3.05, 3.63) is 36.4 Å². The fourth-order valence-electron chi connectivity index (χ4n) is 3.17. The largest absolute Gasteiger partial charge is 0.346 e. The van der Waals surface area contributed by atoms with Crippen molar-refractivity contribution in [2.75, 3.05) is 13.1 Å². The van der Waals surface area contributed by atoms with Gasteiger partial charge in [-0.1, -0.05) is 0 Å². The number of carbonyl (C=O) groups is 1. The lowest BCUT2D eigenvalue weighted by atomic mass is 10.1. The molecule has 0 saturated carbocycles. The molecule has 4 rings (SSSR count). The molecular weight excluding hydrogens is 290 g/mol. The second-order valence-corrected chi connectivity index (χ2v) is 6.10. The van der Waals surface area contributed by atoms with Crippen LogP contribution in [0.15, 0.2) is 30.9 Å². The minimum absolute atomic E-state index is 0.204. The molecule has 1 aliphatic heterocycles. The summed E-state index contributed by atoms with van der Waals surface area (Å²) in [6, 6.07) is 2.09. The van der Waals surface area contributed by atoms with E-state index in [2.05, 4.69) is 21.1 Å². The number of fused-ring (bicyclic) bond motifs is 1. The van der Waals surface area contributed by atoms with E-state index < -0.39 is 0 Å². The van der Waals surface area contributed by atoms with Gasteiger partial charge in [0, 0.05) is 55.2 Å². The Morgan fingerprint density at radius 3 is 2.83 bits per heavy atom. The molecule has 6 heteroatoms. The van der Waals surface area contributed by atoms with Crippen LogP contribution in [0.1, 0.15) is 18.4 Å². The molecule has 1 N–H and O–H groups in total. The number of nitrogens with one attached hydrogen (secondary N) is 1. The number of carbonyl (C=O) groups excluding carboxylic acids is 1. The zero-order chi connectivity index (χ0) is 15.8. The van der Waals surface area contributed by atoms with Crippen molar-refractivity contribution in [3.8, 4) is 11.1 Å². The summed E-state index contributed by atoms with van der Waals surface area (Å²) >= 11 is 0. The zero-order valence-electron chi connectivity index (χ0n) is 13.1. The Labute approximate surface area is 134 Å². The van der Waals surface area contributed by atoms with Gasteiger partial charge in [0.25, 0.3) is 0 Å². The quantitative estimate of drug-likeness (QED) is 0.806. The first-order valence-electron chi connectivity index (χ1n) is 7.93. The van der Waals surface area contributed by atoms with E-state index in [4.69, 9.17) is 0 Å². The highest BCUT2D eigenvalue weighted by Crippen LogP contribution is 2.25. The summed E-state index contributed by atoms with van der Waals surface area (Å²) < 4.78 is 1.77. The molecule has 0 spiro atoms. The van der Waals surface area contributed by atoms with Crippen LogP contribution in [0.3, 0.4) is 0 Å². The summed E-state index contributed by atoms with van der Waals surface area (Å²) in [5, 5.41) is 5.22. The first-order chi connectivity index (χ1) is 11.2. The van der Waals surface area contributed by atoms with Crippen LogP contribution < -0.4 is 0 Å². The summed E-state index contributed by atoms with van der Waals surface area (Å²) in [5.41, 5.74) is 3.87. The number of hydrogen-bond donors (Lipinski definition) is 1. The fourth-order valence-corrected chi connectivity index (χ4v) is 3.17. The van der Waals surface area contributed by atoms with E-state index in [9.17, 15) is 4.79 Å². The normalized spacial score (nSPS) is 14.7. The Bertz CT molecular complexity index is 857. The molecule has 1 fully saturated rings. The molecule has 0 unspecified atom stereocenters. The number of nitrogens with zero attached hydrogens (tertiary/aromatic N) is 4. The topological polar surface area (TPSA) is 66.8 Å². The average Bonchev–Trinajstić information content (AvgIpc) is 3.27. The highest BCUT2D eigenvalue weighted by Gasteiger charge is 2.19. The molecule has 23 heavy (non-hydrogen) atoms. The van der Waals surface area contributed by atoms with Crippen molar-refractivity contribution in [2.45, 2.75) is 19.3 Å². The number of amides is 1. The zero-order valence-corrected chi connectivity index (χ0v) is 13.1. The minimum Gasteiger partial charge on any atom is -0.346 e. The summed E-state index contributed by atoms with van der Waals surface area (Å²) in [6.07, 6.45) is 10.2. The van der Waals surface area contributed by atoms with E-state index in [0.29, 0.717) is 6.42 Å². The first-order valence-corrected chi connectivity index (χ1v) is 7.93. The summed E-state index contributed by atoms with van der Waals surface area (Å²) in [4.78, 5) is 22.0. The van der Waals surface area contributed by atoms with Crippen LogP contribution in [0, 0.1) is 0 Å². The lowest BCUT2D eigenvalue weighted by molar-refractivity contribution is -0.129. The maximum absolute atomic E-state index is 12.4. The highest BCUT2D eigenvalue weighted by atomic mass is 16.2. The summed E-state index contributed by atoms with van der Waals surface area (Å²) in [7, 11) is 1.89. The van der Waals surface area contributed by atoms with E-state index in [1.165, 1.54) is 0 Å². The molecule has 1 aliphatic rings. The van der Waals surface area contributed by atoms with Crippen molar-refractivity contribution in [1.82, 2.24) is 24.6 Å². The molecular formula is C17H19N5O. The van der Waals surface area contributed by atoms with E-state index >= 15 is 0 Å². The number of aromatic amines is 1. The molecule has 3 aromatic heterocycles. The first kappa shape index (κ1) is 14.0. The molecule has 1 amide bonds. The molecule has 0 radical (unpaired) electrons. The molecule has 0 bridgehead atoms. The van der Waals surface area contributed by atoms with Crippen LogP contribution in [0.2, 0.25) is 0 Å². The number of H-pyrrole nitrogens is 1. The Balaban J connectivity index is 1.66. The lowest BCUT2D eigenvalue weighted by Gasteiger charge is -2.14. The predicted molar refractivity (Wildman–Crippen MR) is 87.8 cm³/mol.